The molecule has 2 heterocycles. The lowest BCUT2D eigenvalue weighted by Crippen LogP contribution is -2.27. The van der Waals surface area contributed by atoms with Crippen LogP contribution in [-0.4, -0.2) is 15.7 Å². The van der Waals surface area contributed by atoms with Crippen LogP contribution in [0.3, 0.4) is 0 Å². The Morgan fingerprint density at radius 2 is 1.83 bits per heavy atom. The minimum absolute atomic E-state index is 0.0613. The number of fused-ring (bicyclic) bond motifs is 2. The normalized spacial score (nSPS) is 17.1. The first-order valence-corrected chi connectivity index (χ1v) is 8.18. The van der Waals surface area contributed by atoms with Gasteiger partial charge < -0.3 is 5.32 Å². The van der Waals surface area contributed by atoms with Crippen LogP contribution >= 0.6 is 0 Å². The molecule has 24 heavy (non-hydrogen) atoms. The molecule has 0 unspecified atom stereocenters. The number of hydrogen-bond donors (Lipinski definition) is 2. The van der Waals surface area contributed by atoms with Gasteiger partial charge in [0.1, 0.15) is 5.82 Å². The smallest absolute Gasteiger partial charge is 0.270 e. The number of nitrogens with one attached hydrogen (secondary N) is 2. The largest absolute Gasteiger partial charge is 0.311 e. The zero-order valence-electron chi connectivity index (χ0n) is 13.7. The lowest BCUT2D eigenvalue weighted by Gasteiger charge is -2.25. The van der Waals surface area contributed by atoms with Crippen LogP contribution < -0.4 is 10.9 Å². The Kier molecular flexibility index (Phi) is 3.30. The number of anilines is 1. The highest BCUT2D eigenvalue weighted by Crippen LogP contribution is 2.38. The number of carbonyl (C=O) groups is 1. The van der Waals surface area contributed by atoms with Crippen molar-refractivity contribution < 1.29 is 4.79 Å². The van der Waals surface area contributed by atoms with Gasteiger partial charge in [-0.1, -0.05) is 42.5 Å². The Morgan fingerprint density at radius 1 is 1.08 bits per heavy atom. The first-order chi connectivity index (χ1) is 11.6. The number of H-pyrrole nitrogens is 1. The van der Waals surface area contributed by atoms with Gasteiger partial charge in [-0.25, -0.2) is 0 Å². The molecule has 1 aliphatic rings. The van der Waals surface area contributed by atoms with E-state index in [2.05, 4.69) is 10.4 Å². The number of hydrogen-bond acceptors (Lipinski definition) is 2. The van der Waals surface area contributed by atoms with Crippen molar-refractivity contribution in [1.29, 1.82) is 0 Å². The average Bonchev–Trinajstić information content (AvgIpc) is 2.90. The van der Waals surface area contributed by atoms with Gasteiger partial charge in [0.25, 0.3) is 5.56 Å². The van der Waals surface area contributed by atoms with Crippen molar-refractivity contribution in [3.05, 3.63) is 63.9 Å². The van der Waals surface area contributed by atoms with E-state index < -0.39 is 0 Å². The third-order valence-electron chi connectivity index (χ3n) is 4.67. The molecule has 0 bridgehead atoms. The topological polar surface area (TPSA) is 66.9 Å². The molecule has 5 heteroatoms. The third kappa shape index (κ3) is 2.16. The summed E-state index contributed by atoms with van der Waals surface area (Å²) in [5.74, 6) is 0.307. The Balaban J connectivity index is 1.98. The summed E-state index contributed by atoms with van der Waals surface area (Å²) in [7, 11) is 0. The monoisotopic (exact) mass is 321 g/mol. The number of aromatic amines is 1. The van der Waals surface area contributed by atoms with E-state index in [-0.39, 0.29) is 29.8 Å². The number of carbonyl (C=O) groups excluding carboxylic acids is 1. The second-order valence-corrected chi connectivity index (χ2v) is 6.54. The molecular weight excluding hydrogens is 302 g/mol. The summed E-state index contributed by atoms with van der Waals surface area (Å²) in [4.78, 5) is 24.9. The van der Waals surface area contributed by atoms with E-state index in [1.54, 1.807) is 4.68 Å². The van der Waals surface area contributed by atoms with E-state index in [4.69, 9.17) is 0 Å². The zero-order chi connectivity index (χ0) is 16.8. The van der Waals surface area contributed by atoms with Crippen LogP contribution in [0.2, 0.25) is 0 Å². The van der Waals surface area contributed by atoms with Gasteiger partial charge >= 0.3 is 0 Å². The summed E-state index contributed by atoms with van der Waals surface area (Å²) in [6.45, 7) is 3.95. The molecule has 0 spiro atoms. The summed E-state index contributed by atoms with van der Waals surface area (Å²) in [5.41, 5.74) is 1.55. The molecule has 0 radical (unpaired) electrons. The molecule has 5 nitrogen and oxygen atoms in total. The Bertz CT molecular complexity index is 992. The quantitative estimate of drug-likeness (QED) is 0.760. The van der Waals surface area contributed by atoms with Gasteiger partial charge in [0.05, 0.1) is 5.56 Å². The van der Waals surface area contributed by atoms with Crippen LogP contribution in [0.25, 0.3) is 10.8 Å². The lowest BCUT2D eigenvalue weighted by atomic mass is 9.84. The molecule has 2 N–H and O–H groups in total. The van der Waals surface area contributed by atoms with Crippen LogP contribution in [-0.2, 0) is 4.79 Å². The lowest BCUT2D eigenvalue weighted by molar-refractivity contribution is -0.116. The number of benzene rings is 2. The second-order valence-electron chi connectivity index (χ2n) is 6.54. The van der Waals surface area contributed by atoms with E-state index in [0.717, 1.165) is 16.3 Å². The first kappa shape index (κ1) is 14.8. The molecule has 1 aromatic heterocycles. The van der Waals surface area contributed by atoms with Crippen molar-refractivity contribution in [2.75, 3.05) is 5.32 Å². The maximum absolute atomic E-state index is 12.6. The fourth-order valence-corrected chi connectivity index (χ4v) is 3.59. The Hall–Kier alpha value is -2.82. The van der Waals surface area contributed by atoms with Gasteiger partial charge in [-0.05, 0) is 30.2 Å². The fourth-order valence-electron chi connectivity index (χ4n) is 3.59. The number of aromatic nitrogens is 2. The highest BCUT2D eigenvalue weighted by Gasteiger charge is 2.33. The van der Waals surface area contributed by atoms with Crippen LogP contribution in [0.5, 0.6) is 0 Å². The van der Waals surface area contributed by atoms with Crippen molar-refractivity contribution in [2.24, 2.45) is 0 Å². The summed E-state index contributed by atoms with van der Waals surface area (Å²) in [6.07, 6.45) is 0.284. The number of rotatable bonds is 2. The van der Waals surface area contributed by atoms with Crippen LogP contribution in [0.15, 0.2) is 47.3 Å². The van der Waals surface area contributed by atoms with E-state index in [1.165, 1.54) is 0 Å². The molecule has 2 aromatic carbocycles. The van der Waals surface area contributed by atoms with E-state index in [9.17, 15) is 9.59 Å². The van der Waals surface area contributed by atoms with Crippen molar-refractivity contribution in [3.8, 4) is 0 Å². The van der Waals surface area contributed by atoms with Gasteiger partial charge in [0.15, 0.2) is 0 Å². The molecule has 0 aliphatic carbocycles. The molecule has 1 amide bonds. The fraction of sp³-hybridized carbons (Fsp3) is 0.263. The predicted molar refractivity (Wildman–Crippen MR) is 94.5 cm³/mol. The second kappa shape index (κ2) is 5.37. The van der Waals surface area contributed by atoms with Crippen molar-refractivity contribution in [1.82, 2.24) is 9.78 Å². The summed E-state index contributed by atoms with van der Waals surface area (Å²) in [6, 6.07) is 14.2. The number of nitrogens with zero attached hydrogens (tertiary/aromatic N) is 1. The molecule has 3 aromatic rings. The van der Waals surface area contributed by atoms with Gasteiger partial charge in [-0.15, -0.1) is 0 Å². The molecular formula is C19H19N3O2. The van der Waals surface area contributed by atoms with E-state index in [1.807, 2.05) is 56.3 Å². The van der Waals surface area contributed by atoms with Crippen LogP contribution in [0, 0.1) is 0 Å². The van der Waals surface area contributed by atoms with E-state index >= 15 is 0 Å². The summed E-state index contributed by atoms with van der Waals surface area (Å²) < 4.78 is 1.74. The summed E-state index contributed by atoms with van der Waals surface area (Å²) >= 11 is 0. The van der Waals surface area contributed by atoms with Gasteiger partial charge in [-0.3, -0.25) is 19.4 Å². The molecule has 0 saturated heterocycles. The van der Waals surface area contributed by atoms with Crippen molar-refractivity contribution >= 4 is 22.5 Å². The molecule has 4 rings (SSSR count). The van der Waals surface area contributed by atoms with Crippen molar-refractivity contribution in [3.63, 3.8) is 0 Å². The average molecular weight is 321 g/mol. The maximum atomic E-state index is 12.6. The number of amides is 1. The molecule has 122 valence electrons. The standard InChI is InChI=1S/C19H19N3O2/c1-11(2)22-18-17(19(24)21-22)15(10-16(23)20-18)14-9-5-7-12-6-3-4-8-13(12)14/h3-9,11,15H,10H2,1-2H3,(H,20,23)(H,21,24)/t15-/m1/s1. The van der Waals surface area contributed by atoms with Gasteiger partial charge in [-0.2, -0.15) is 0 Å². The maximum Gasteiger partial charge on any atom is 0.270 e. The first-order valence-electron chi connectivity index (χ1n) is 8.18. The van der Waals surface area contributed by atoms with E-state index in [0.29, 0.717) is 11.4 Å². The Labute approximate surface area is 139 Å². The third-order valence-corrected chi connectivity index (χ3v) is 4.67. The summed E-state index contributed by atoms with van der Waals surface area (Å²) in [5, 5.41) is 7.94. The molecule has 1 aliphatic heterocycles. The van der Waals surface area contributed by atoms with Crippen molar-refractivity contribution in [2.45, 2.75) is 32.2 Å². The predicted octanol–water partition coefficient (Wildman–Crippen LogP) is 3.38. The van der Waals surface area contributed by atoms with Gasteiger partial charge in [0, 0.05) is 18.4 Å². The highest BCUT2D eigenvalue weighted by molar-refractivity contribution is 5.96. The SMILES string of the molecule is CC(C)n1[nH]c(=O)c2c1NC(=O)C[C@@H]2c1cccc2ccccc12. The van der Waals surface area contributed by atoms with Gasteiger partial charge in [0.2, 0.25) is 5.91 Å². The minimum atomic E-state index is -0.233. The molecule has 1 atom stereocenters. The highest BCUT2D eigenvalue weighted by atomic mass is 16.2. The zero-order valence-corrected chi connectivity index (χ0v) is 13.7. The van der Waals surface area contributed by atoms with Crippen LogP contribution in [0.4, 0.5) is 5.82 Å². The van der Waals surface area contributed by atoms with Crippen LogP contribution in [0.1, 0.15) is 43.4 Å². The minimum Gasteiger partial charge on any atom is -0.311 e. The molecule has 0 saturated carbocycles. The molecule has 0 fully saturated rings. The Morgan fingerprint density at radius 3 is 2.62 bits per heavy atom.